The number of hydroxylamine groups is 1. The van der Waals surface area contributed by atoms with Crippen molar-refractivity contribution in [2.24, 2.45) is 0 Å². The summed E-state index contributed by atoms with van der Waals surface area (Å²) in [6, 6.07) is 14.9. The van der Waals surface area contributed by atoms with Crippen LogP contribution < -0.4 is 5.48 Å². The molecule has 0 spiro atoms. The summed E-state index contributed by atoms with van der Waals surface area (Å²) >= 11 is 1.57. The van der Waals surface area contributed by atoms with E-state index >= 15 is 0 Å². The van der Waals surface area contributed by atoms with Crippen molar-refractivity contribution in [3.63, 3.8) is 0 Å². The van der Waals surface area contributed by atoms with Gasteiger partial charge in [-0.2, -0.15) is 0 Å². The lowest BCUT2D eigenvalue weighted by Crippen LogP contribution is -2.18. The van der Waals surface area contributed by atoms with Crippen LogP contribution in [0, 0.1) is 0 Å². The molecule has 0 radical (unpaired) electrons. The van der Waals surface area contributed by atoms with Crippen molar-refractivity contribution in [3.05, 3.63) is 54.1 Å². The second-order valence-electron chi connectivity index (χ2n) is 4.01. The number of hydrogen-bond acceptors (Lipinski definition) is 4. The summed E-state index contributed by atoms with van der Waals surface area (Å²) in [5.41, 5.74) is 3.84. The van der Waals surface area contributed by atoms with Gasteiger partial charge in [-0.15, -0.1) is 11.3 Å². The fourth-order valence-corrected chi connectivity index (χ4v) is 2.82. The summed E-state index contributed by atoms with van der Waals surface area (Å²) in [5.74, 6) is -0.525. The largest absolute Gasteiger partial charge is 0.288 e. The molecule has 0 bridgehead atoms. The molecule has 0 unspecified atom stereocenters. The van der Waals surface area contributed by atoms with Crippen molar-refractivity contribution in [3.8, 4) is 10.6 Å². The minimum atomic E-state index is -0.525. The standard InChI is InChI=1S/C14H10N2O2S/c17-13(16-18)9-4-3-5-10(8-9)14-15-11-6-1-2-7-12(11)19-14/h1-8,18H,(H,16,17). The predicted molar refractivity (Wildman–Crippen MR) is 74.3 cm³/mol. The van der Waals surface area contributed by atoms with Crippen LogP contribution in [-0.4, -0.2) is 16.1 Å². The minimum absolute atomic E-state index is 0.402. The lowest BCUT2D eigenvalue weighted by Gasteiger charge is -2.00. The summed E-state index contributed by atoms with van der Waals surface area (Å²) in [5, 5.41) is 9.51. The van der Waals surface area contributed by atoms with Gasteiger partial charge in [0.15, 0.2) is 0 Å². The van der Waals surface area contributed by atoms with Gasteiger partial charge in [-0.05, 0) is 24.3 Å². The summed E-state index contributed by atoms with van der Waals surface area (Å²) in [6.45, 7) is 0. The number of thiazole rings is 1. The van der Waals surface area contributed by atoms with Gasteiger partial charge in [-0.3, -0.25) is 10.0 Å². The van der Waals surface area contributed by atoms with Crippen LogP contribution in [0.4, 0.5) is 0 Å². The Morgan fingerprint density at radius 2 is 2.00 bits per heavy atom. The van der Waals surface area contributed by atoms with Gasteiger partial charge in [0, 0.05) is 11.1 Å². The zero-order valence-electron chi connectivity index (χ0n) is 9.83. The Bertz CT molecular complexity index is 719. The first-order valence-corrected chi connectivity index (χ1v) is 6.50. The summed E-state index contributed by atoms with van der Waals surface area (Å²) in [4.78, 5) is 15.9. The van der Waals surface area contributed by atoms with Crippen LogP contribution in [0.15, 0.2) is 48.5 Å². The Kier molecular flexibility index (Phi) is 2.98. The van der Waals surface area contributed by atoms with Gasteiger partial charge in [-0.25, -0.2) is 10.5 Å². The van der Waals surface area contributed by atoms with Crippen LogP contribution in [0.5, 0.6) is 0 Å². The highest BCUT2D eigenvalue weighted by molar-refractivity contribution is 7.21. The molecule has 2 N–H and O–H groups in total. The van der Waals surface area contributed by atoms with Crippen molar-refractivity contribution in [1.29, 1.82) is 0 Å². The van der Waals surface area contributed by atoms with Crippen LogP contribution >= 0.6 is 11.3 Å². The lowest BCUT2D eigenvalue weighted by molar-refractivity contribution is 0.0706. The van der Waals surface area contributed by atoms with E-state index in [4.69, 9.17) is 5.21 Å². The molecule has 94 valence electrons. The number of nitrogens with one attached hydrogen (secondary N) is 1. The number of nitrogens with zero attached hydrogens (tertiary/aromatic N) is 1. The molecular weight excluding hydrogens is 260 g/mol. The van der Waals surface area contributed by atoms with E-state index < -0.39 is 5.91 Å². The molecule has 0 aliphatic heterocycles. The Morgan fingerprint density at radius 1 is 1.16 bits per heavy atom. The topological polar surface area (TPSA) is 62.2 Å². The fraction of sp³-hybridized carbons (Fsp3) is 0. The third-order valence-corrected chi connectivity index (χ3v) is 3.85. The van der Waals surface area contributed by atoms with Crippen molar-refractivity contribution < 1.29 is 10.0 Å². The Morgan fingerprint density at radius 3 is 2.79 bits per heavy atom. The van der Waals surface area contributed by atoms with Gasteiger partial charge in [-0.1, -0.05) is 24.3 Å². The van der Waals surface area contributed by atoms with Crippen LogP contribution in [-0.2, 0) is 0 Å². The maximum Gasteiger partial charge on any atom is 0.274 e. The number of carbonyl (C=O) groups excluding carboxylic acids is 1. The molecule has 0 aliphatic rings. The quantitative estimate of drug-likeness (QED) is 0.555. The first kappa shape index (κ1) is 11.8. The second kappa shape index (κ2) is 4.79. The number of hydrogen-bond donors (Lipinski definition) is 2. The average Bonchev–Trinajstić information content (AvgIpc) is 2.90. The SMILES string of the molecule is O=C(NO)c1cccc(-c2nc3ccccc3s2)c1. The van der Waals surface area contributed by atoms with Gasteiger partial charge in [0.25, 0.3) is 5.91 Å². The third kappa shape index (κ3) is 2.21. The van der Waals surface area contributed by atoms with Crippen LogP contribution in [0.1, 0.15) is 10.4 Å². The van der Waals surface area contributed by atoms with E-state index in [1.54, 1.807) is 35.0 Å². The average molecular weight is 270 g/mol. The number of aromatic nitrogens is 1. The maximum absolute atomic E-state index is 11.4. The molecule has 1 aromatic heterocycles. The number of rotatable bonds is 2. The Labute approximate surface area is 113 Å². The van der Waals surface area contributed by atoms with E-state index in [1.807, 2.05) is 30.3 Å². The summed E-state index contributed by atoms with van der Waals surface area (Å²) < 4.78 is 1.11. The van der Waals surface area contributed by atoms with Gasteiger partial charge >= 0.3 is 0 Å². The van der Waals surface area contributed by atoms with Crippen LogP contribution in [0.3, 0.4) is 0 Å². The highest BCUT2D eigenvalue weighted by Crippen LogP contribution is 2.30. The van der Waals surface area contributed by atoms with E-state index in [0.717, 1.165) is 20.8 Å². The molecule has 19 heavy (non-hydrogen) atoms. The number of amides is 1. The molecule has 0 atom stereocenters. The van der Waals surface area contributed by atoms with Crippen molar-refractivity contribution in [2.45, 2.75) is 0 Å². The van der Waals surface area contributed by atoms with Crippen LogP contribution in [0.25, 0.3) is 20.8 Å². The predicted octanol–water partition coefficient (Wildman–Crippen LogP) is 3.08. The Hall–Kier alpha value is -2.24. The molecular formula is C14H10N2O2S. The van der Waals surface area contributed by atoms with Crippen molar-refractivity contribution in [1.82, 2.24) is 10.5 Å². The van der Waals surface area contributed by atoms with Gasteiger partial charge in [0.2, 0.25) is 0 Å². The molecule has 1 amide bonds. The zero-order valence-corrected chi connectivity index (χ0v) is 10.6. The monoisotopic (exact) mass is 270 g/mol. The molecule has 3 aromatic rings. The van der Waals surface area contributed by atoms with E-state index in [-0.39, 0.29) is 0 Å². The number of fused-ring (bicyclic) bond motifs is 1. The van der Waals surface area contributed by atoms with Gasteiger partial charge in [0.1, 0.15) is 5.01 Å². The highest BCUT2D eigenvalue weighted by Gasteiger charge is 2.09. The molecule has 0 saturated heterocycles. The molecule has 4 nitrogen and oxygen atoms in total. The lowest BCUT2D eigenvalue weighted by atomic mass is 10.1. The number of para-hydroxylation sites is 1. The first-order valence-electron chi connectivity index (χ1n) is 5.68. The zero-order chi connectivity index (χ0) is 13.2. The van der Waals surface area contributed by atoms with Gasteiger partial charge in [0.05, 0.1) is 10.2 Å². The van der Waals surface area contributed by atoms with E-state index in [2.05, 4.69) is 4.98 Å². The van der Waals surface area contributed by atoms with E-state index in [9.17, 15) is 4.79 Å². The highest BCUT2D eigenvalue weighted by atomic mass is 32.1. The van der Waals surface area contributed by atoms with Crippen LogP contribution in [0.2, 0.25) is 0 Å². The maximum atomic E-state index is 11.4. The summed E-state index contributed by atoms with van der Waals surface area (Å²) in [6.07, 6.45) is 0. The Balaban J connectivity index is 2.08. The first-order chi connectivity index (χ1) is 9.28. The minimum Gasteiger partial charge on any atom is -0.288 e. The third-order valence-electron chi connectivity index (χ3n) is 2.77. The summed E-state index contributed by atoms with van der Waals surface area (Å²) in [7, 11) is 0. The molecule has 0 fully saturated rings. The number of benzene rings is 2. The molecule has 0 aliphatic carbocycles. The normalized spacial score (nSPS) is 10.6. The molecule has 2 aromatic carbocycles. The molecule has 1 heterocycles. The van der Waals surface area contributed by atoms with Gasteiger partial charge < -0.3 is 0 Å². The molecule has 5 heteroatoms. The smallest absolute Gasteiger partial charge is 0.274 e. The fourth-order valence-electron chi connectivity index (χ4n) is 1.85. The molecule has 3 rings (SSSR count). The van der Waals surface area contributed by atoms with E-state index in [1.165, 1.54) is 0 Å². The van der Waals surface area contributed by atoms with E-state index in [0.29, 0.717) is 5.56 Å². The molecule has 0 saturated carbocycles. The number of carbonyl (C=O) groups is 1. The second-order valence-corrected chi connectivity index (χ2v) is 5.04. The van der Waals surface area contributed by atoms with Crippen molar-refractivity contribution >= 4 is 27.5 Å². The van der Waals surface area contributed by atoms with Crippen molar-refractivity contribution in [2.75, 3.05) is 0 Å².